The zero-order chi connectivity index (χ0) is 17.9. The zero-order valence-corrected chi connectivity index (χ0v) is 13.5. The maximum atomic E-state index is 12.7. The number of nitrogens with zero attached hydrogens (tertiary/aromatic N) is 1. The van der Waals surface area contributed by atoms with Gasteiger partial charge in [0.05, 0.1) is 4.92 Å². The number of phenols is 1. The first-order valence-electron chi connectivity index (χ1n) is 7.99. The van der Waals surface area contributed by atoms with Crippen molar-refractivity contribution in [1.29, 1.82) is 0 Å². The molecule has 0 bridgehead atoms. The predicted octanol–water partition coefficient (Wildman–Crippen LogP) is 2.74. The summed E-state index contributed by atoms with van der Waals surface area (Å²) >= 11 is 0. The summed E-state index contributed by atoms with van der Waals surface area (Å²) in [5.74, 6) is -1.04. The number of hydrogen-bond donors (Lipinski definition) is 2. The number of nitrogens with one attached hydrogen (secondary N) is 1. The average Bonchev–Trinajstić information content (AvgIpc) is 2.63. The van der Waals surface area contributed by atoms with Crippen LogP contribution in [0.1, 0.15) is 28.8 Å². The van der Waals surface area contributed by atoms with Gasteiger partial charge in [0, 0.05) is 25.0 Å². The number of carbonyl (C=O) groups excluding carboxylic acids is 1. The number of rotatable bonds is 4. The lowest BCUT2D eigenvalue weighted by Crippen LogP contribution is -2.43. The predicted molar refractivity (Wildman–Crippen MR) is 90.4 cm³/mol. The number of nitro groups is 1. The molecule has 25 heavy (non-hydrogen) atoms. The number of benzene rings is 2. The molecule has 0 atom stereocenters. The van der Waals surface area contributed by atoms with Crippen LogP contribution >= 0.6 is 0 Å². The van der Waals surface area contributed by atoms with Crippen LogP contribution in [0.4, 0.5) is 5.69 Å². The van der Waals surface area contributed by atoms with Gasteiger partial charge in [-0.2, -0.15) is 0 Å². The molecule has 130 valence electrons. The van der Waals surface area contributed by atoms with Crippen molar-refractivity contribution in [3.63, 3.8) is 0 Å². The van der Waals surface area contributed by atoms with Crippen LogP contribution in [0, 0.1) is 10.1 Å². The number of nitro benzene ring substituents is 1. The maximum absolute atomic E-state index is 12.7. The van der Waals surface area contributed by atoms with Crippen molar-refractivity contribution in [2.45, 2.75) is 18.4 Å². The second-order valence-corrected chi connectivity index (χ2v) is 5.96. The fourth-order valence-corrected chi connectivity index (χ4v) is 3.10. The number of ether oxygens (including phenoxy) is 1. The summed E-state index contributed by atoms with van der Waals surface area (Å²) in [5.41, 5.74) is -0.630. The number of phenolic OH excluding ortho intramolecular Hbond substituents is 1. The van der Waals surface area contributed by atoms with E-state index in [4.69, 9.17) is 4.74 Å². The van der Waals surface area contributed by atoms with Crippen molar-refractivity contribution in [3.8, 4) is 5.75 Å². The summed E-state index contributed by atoms with van der Waals surface area (Å²) in [6.07, 6.45) is 1.13. The minimum atomic E-state index is -0.844. The molecule has 1 saturated heterocycles. The molecule has 0 spiro atoms. The van der Waals surface area contributed by atoms with Crippen LogP contribution in [0.3, 0.4) is 0 Å². The molecule has 2 aromatic carbocycles. The Balaban J connectivity index is 1.97. The summed E-state index contributed by atoms with van der Waals surface area (Å²) < 4.78 is 5.80. The molecule has 1 aliphatic heterocycles. The molecule has 7 heteroatoms. The third kappa shape index (κ3) is 3.46. The van der Waals surface area contributed by atoms with Gasteiger partial charge in [-0.3, -0.25) is 10.1 Å². The number of carbonyl (C=O) groups is 1. The topological polar surface area (TPSA) is 102 Å². The molecule has 0 saturated carbocycles. The number of piperidine rings is 1. The second kappa shape index (κ2) is 6.90. The normalized spacial score (nSPS) is 16.2. The Labute approximate surface area is 144 Å². The highest BCUT2D eigenvalue weighted by molar-refractivity contribution is 5.94. The highest BCUT2D eigenvalue weighted by Crippen LogP contribution is 2.36. The lowest BCUT2D eigenvalue weighted by molar-refractivity contribution is -0.385. The summed E-state index contributed by atoms with van der Waals surface area (Å²) in [6, 6.07) is 12.7. The third-order valence-electron chi connectivity index (χ3n) is 4.40. The fourth-order valence-electron chi connectivity index (χ4n) is 3.10. The van der Waals surface area contributed by atoms with Gasteiger partial charge < -0.3 is 15.2 Å². The van der Waals surface area contributed by atoms with Crippen LogP contribution in [0.15, 0.2) is 48.5 Å². The van der Waals surface area contributed by atoms with Crippen LogP contribution in [0.25, 0.3) is 0 Å². The quantitative estimate of drug-likeness (QED) is 0.503. The average molecular weight is 342 g/mol. The van der Waals surface area contributed by atoms with Gasteiger partial charge in [-0.05, 0) is 24.7 Å². The number of esters is 1. The molecule has 0 aliphatic carbocycles. The Morgan fingerprint density at radius 2 is 1.84 bits per heavy atom. The van der Waals surface area contributed by atoms with Crippen molar-refractivity contribution in [3.05, 3.63) is 69.8 Å². The molecule has 2 aromatic rings. The van der Waals surface area contributed by atoms with E-state index in [-0.39, 0.29) is 17.0 Å². The van der Waals surface area contributed by atoms with Gasteiger partial charge in [0.2, 0.25) is 0 Å². The minimum Gasteiger partial charge on any atom is -0.508 e. The van der Waals surface area contributed by atoms with Gasteiger partial charge in [0.15, 0.2) is 0 Å². The maximum Gasteiger partial charge on any atom is 0.346 e. The molecular formula is C18H18N2O5. The molecule has 0 aromatic heterocycles. The van der Waals surface area contributed by atoms with Crippen molar-refractivity contribution < 1.29 is 19.6 Å². The first kappa shape index (κ1) is 16.9. The molecule has 0 amide bonds. The largest absolute Gasteiger partial charge is 0.508 e. The first-order chi connectivity index (χ1) is 12.0. The number of aromatic hydroxyl groups is 1. The zero-order valence-electron chi connectivity index (χ0n) is 13.5. The molecule has 0 radical (unpaired) electrons. The smallest absolute Gasteiger partial charge is 0.346 e. The van der Waals surface area contributed by atoms with Crippen LogP contribution in [-0.4, -0.2) is 29.1 Å². The van der Waals surface area contributed by atoms with Gasteiger partial charge in [-0.25, -0.2) is 4.79 Å². The van der Waals surface area contributed by atoms with Gasteiger partial charge in [-0.1, -0.05) is 30.3 Å². The van der Waals surface area contributed by atoms with Crippen molar-refractivity contribution in [1.82, 2.24) is 5.32 Å². The monoisotopic (exact) mass is 342 g/mol. The Morgan fingerprint density at radius 3 is 2.48 bits per heavy atom. The van der Waals surface area contributed by atoms with Gasteiger partial charge in [0.25, 0.3) is 5.69 Å². The molecule has 7 nitrogen and oxygen atoms in total. The van der Waals surface area contributed by atoms with E-state index in [1.165, 1.54) is 6.07 Å². The van der Waals surface area contributed by atoms with Crippen molar-refractivity contribution in [2.24, 2.45) is 0 Å². The molecule has 3 rings (SSSR count). The Hall–Kier alpha value is -2.93. The third-order valence-corrected chi connectivity index (χ3v) is 4.40. The summed E-state index contributed by atoms with van der Waals surface area (Å²) in [6.45, 7) is 1.34. The van der Waals surface area contributed by atoms with E-state index < -0.39 is 16.5 Å². The lowest BCUT2D eigenvalue weighted by atomic mass is 9.84. The summed E-state index contributed by atoms with van der Waals surface area (Å²) in [7, 11) is 0. The highest BCUT2D eigenvalue weighted by Gasteiger charge is 2.39. The molecule has 0 unspecified atom stereocenters. The van der Waals surface area contributed by atoms with Crippen LogP contribution in [-0.2, 0) is 10.3 Å². The van der Waals surface area contributed by atoms with E-state index in [1.54, 1.807) is 0 Å². The number of hydrogen-bond acceptors (Lipinski definition) is 6. The summed E-state index contributed by atoms with van der Waals surface area (Å²) in [5, 5.41) is 24.0. The lowest BCUT2D eigenvalue weighted by Gasteiger charge is -2.37. The van der Waals surface area contributed by atoms with Crippen LogP contribution < -0.4 is 5.32 Å². The SMILES string of the molecule is O=C(OC1(c2ccccc2)CCNCC1)c1cc(O)ccc1[N+](=O)[O-]. The fraction of sp³-hybridized carbons (Fsp3) is 0.278. The highest BCUT2D eigenvalue weighted by atomic mass is 16.6. The van der Waals surface area contributed by atoms with Crippen molar-refractivity contribution in [2.75, 3.05) is 13.1 Å². The van der Waals surface area contributed by atoms with E-state index >= 15 is 0 Å². The molecule has 2 N–H and O–H groups in total. The van der Waals surface area contributed by atoms with E-state index in [2.05, 4.69) is 5.32 Å². The molecular weight excluding hydrogens is 324 g/mol. The molecule has 1 fully saturated rings. The summed E-state index contributed by atoms with van der Waals surface area (Å²) in [4.78, 5) is 23.2. The van der Waals surface area contributed by atoms with E-state index in [0.29, 0.717) is 25.9 Å². The Morgan fingerprint density at radius 1 is 1.16 bits per heavy atom. The Bertz CT molecular complexity index is 785. The Kier molecular flexibility index (Phi) is 4.67. The standard InChI is InChI=1S/C18H18N2O5/c21-14-6-7-16(20(23)24)15(12-14)17(22)25-18(8-10-19-11-9-18)13-4-2-1-3-5-13/h1-7,12,19,21H,8-11H2. The second-order valence-electron chi connectivity index (χ2n) is 5.96. The molecule has 1 heterocycles. The van der Waals surface area contributed by atoms with E-state index in [1.807, 2.05) is 30.3 Å². The van der Waals surface area contributed by atoms with Crippen molar-refractivity contribution >= 4 is 11.7 Å². The minimum absolute atomic E-state index is 0.225. The van der Waals surface area contributed by atoms with Gasteiger partial charge in [0.1, 0.15) is 16.9 Å². The first-order valence-corrected chi connectivity index (χ1v) is 7.99. The van der Waals surface area contributed by atoms with E-state index in [9.17, 15) is 20.0 Å². The van der Waals surface area contributed by atoms with Gasteiger partial charge >= 0.3 is 5.97 Å². The van der Waals surface area contributed by atoms with Crippen LogP contribution in [0.2, 0.25) is 0 Å². The molecule has 1 aliphatic rings. The van der Waals surface area contributed by atoms with Crippen LogP contribution in [0.5, 0.6) is 5.75 Å². The van der Waals surface area contributed by atoms with E-state index in [0.717, 1.165) is 17.7 Å². The van der Waals surface area contributed by atoms with Gasteiger partial charge in [-0.15, -0.1) is 0 Å².